The van der Waals surface area contributed by atoms with Crippen LogP contribution in [0, 0.1) is 0 Å². The van der Waals surface area contributed by atoms with Gasteiger partial charge < -0.3 is 5.32 Å². The van der Waals surface area contributed by atoms with Crippen LogP contribution < -0.4 is 5.32 Å². The molecule has 1 aliphatic heterocycles. The first kappa shape index (κ1) is 9.78. The van der Waals surface area contributed by atoms with Crippen LogP contribution in [0.2, 0.25) is 0 Å². The monoisotopic (exact) mass is 177 g/mol. The molecule has 0 aromatic heterocycles. The molecular formula is C11H15NO. The Morgan fingerprint density at radius 2 is 1.92 bits per heavy atom. The average Bonchev–Trinajstić information content (AvgIpc) is 2.11. The third-order valence-corrected chi connectivity index (χ3v) is 1.97. The minimum atomic E-state index is 0.0393. The first-order chi connectivity index (χ1) is 6.29. The van der Waals surface area contributed by atoms with Crippen LogP contribution in [-0.4, -0.2) is 12.5 Å². The normalized spacial score (nSPS) is 18.8. The van der Waals surface area contributed by atoms with E-state index in [4.69, 9.17) is 0 Å². The van der Waals surface area contributed by atoms with Crippen molar-refractivity contribution in [3.63, 3.8) is 0 Å². The molecule has 0 saturated carbocycles. The first-order valence-corrected chi connectivity index (χ1v) is 4.56. The maximum atomic E-state index is 11.4. The van der Waals surface area contributed by atoms with Gasteiger partial charge in [0.1, 0.15) is 0 Å². The van der Waals surface area contributed by atoms with Crippen molar-refractivity contribution in [2.75, 3.05) is 6.54 Å². The molecule has 1 heterocycles. The van der Waals surface area contributed by atoms with Crippen molar-refractivity contribution in [1.29, 1.82) is 0 Å². The van der Waals surface area contributed by atoms with Crippen molar-refractivity contribution in [3.8, 4) is 0 Å². The molecule has 0 aromatic carbocycles. The van der Waals surface area contributed by atoms with Crippen LogP contribution in [-0.2, 0) is 4.79 Å². The van der Waals surface area contributed by atoms with Gasteiger partial charge in [-0.1, -0.05) is 24.3 Å². The SMILES string of the molecule is C/C=C\C1=C(/C=C\C)C(=O)NCC1. The lowest BCUT2D eigenvalue weighted by Crippen LogP contribution is -2.30. The van der Waals surface area contributed by atoms with Gasteiger partial charge in [0, 0.05) is 12.1 Å². The molecule has 2 heteroatoms. The Balaban J connectivity index is 3.03. The predicted octanol–water partition coefficient (Wildman–Crippen LogP) is 1.96. The average molecular weight is 177 g/mol. The van der Waals surface area contributed by atoms with Crippen LogP contribution in [0.15, 0.2) is 35.5 Å². The summed E-state index contributed by atoms with van der Waals surface area (Å²) in [6.45, 7) is 4.63. The molecule has 13 heavy (non-hydrogen) atoms. The molecule has 0 aromatic rings. The van der Waals surface area contributed by atoms with Crippen molar-refractivity contribution in [2.24, 2.45) is 0 Å². The van der Waals surface area contributed by atoms with Gasteiger partial charge in [-0.2, -0.15) is 0 Å². The summed E-state index contributed by atoms with van der Waals surface area (Å²) in [5, 5.41) is 2.82. The summed E-state index contributed by atoms with van der Waals surface area (Å²) in [5.41, 5.74) is 1.93. The molecule has 0 saturated heterocycles. The van der Waals surface area contributed by atoms with Gasteiger partial charge in [0.15, 0.2) is 0 Å². The number of amides is 1. The molecule has 0 radical (unpaired) electrons. The van der Waals surface area contributed by atoms with Crippen LogP contribution >= 0.6 is 0 Å². The standard InChI is InChI=1S/C11H15NO/c1-3-5-9-7-8-12-11(13)10(9)6-4-2/h3-6H,7-8H2,1-2H3,(H,12,13)/b5-3-,6-4-. The molecular weight excluding hydrogens is 162 g/mol. The van der Waals surface area contributed by atoms with E-state index in [9.17, 15) is 4.79 Å². The van der Waals surface area contributed by atoms with Crippen LogP contribution in [0.5, 0.6) is 0 Å². The van der Waals surface area contributed by atoms with E-state index in [1.54, 1.807) is 0 Å². The van der Waals surface area contributed by atoms with Gasteiger partial charge in [-0.05, 0) is 25.8 Å². The molecule has 1 N–H and O–H groups in total. The molecule has 1 aliphatic rings. The van der Waals surface area contributed by atoms with E-state index in [-0.39, 0.29) is 5.91 Å². The minimum absolute atomic E-state index is 0.0393. The van der Waals surface area contributed by atoms with Gasteiger partial charge in [-0.3, -0.25) is 4.79 Å². The van der Waals surface area contributed by atoms with E-state index in [1.165, 1.54) is 0 Å². The molecule has 0 unspecified atom stereocenters. The number of rotatable bonds is 2. The van der Waals surface area contributed by atoms with Gasteiger partial charge in [-0.15, -0.1) is 0 Å². The zero-order chi connectivity index (χ0) is 9.68. The zero-order valence-electron chi connectivity index (χ0n) is 8.13. The lowest BCUT2D eigenvalue weighted by atomic mass is 10.00. The van der Waals surface area contributed by atoms with E-state index in [2.05, 4.69) is 5.32 Å². The summed E-state index contributed by atoms with van der Waals surface area (Å²) in [7, 11) is 0. The molecule has 0 fully saturated rings. The highest BCUT2D eigenvalue weighted by Gasteiger charge is 2.15. The maximum Gasteiger partial charge on any atom is 0.251 e. The second kappa shape index (κ2) is 4.65. The second-order valence-corrected chi connectivity index (χ2v) is 2.94. The summed E-state index contributed by atoms with van der Waals surface area (Å²) in [4.78, 5) is 11.4. The molecule has 2 nitrogen and oxygen atoms in total. The zero-order valence-corrected chi connectivity index (χ0v) is 8.13. The molecule has 0 aliphatic carbocycles. The highest BCUT2D eigenvalue weighted by molar-refractivity contribution is 5.98. The fourth-order valence-corrected chi connectivity index (χ4v) is 1.41. The van der Waals surface area contributed by atoms with E-state index >= 15 is 0 Å². The van der Waals surface area contributed by atoms with Crippen molar-refractivity contribution < 1.29 is 4.79 Å². The van der Waals surface area contributed by atoms with Crippen molar-refractivity contribution in [1.82, 2.24) is 5.32 Å². The summed E-state index contributed by atoms with van der Waals surface area (Å²) in [6.07, 6.45) is 8.66. The Hall–Kier alpha value is -1.31. The van der Waals surface area contributed by atoms with E-state index < -0.39 is 0 Å². The number of hydrogen-bond acceptors (Lipinski definition) is 1. The fraction of sp³-hybridized carbons (Fsp3) is 0.364. The largest absolute Gasteiger partial charge is 0.352 e. The molecule has 1 rings (SSSR count). The minimum Gasteiger partial charge on any atom is -0.352 e. The lowest BCUT2D eigenvalue weighted by Gasteiger charge is -2.15. The third-order valence-electron chi connectivity index (χ3n) is 1.97. The summed E-state index contributed by atoms with van der Waals surface area (Å²) in [6, 6.07) is 0. The highest BCUT2D eigenvalue weighted by Crippen LogP contribution is 2.16. The number of nitrogens with one attached hydrogen (secondary N) is 1. The Bertz CT molecular complexity index is 284. The summed E-state index contributed by atoms with van der Waals surface area (Å²) >= 11 is 0. The Kier molecular flexibility index (Phi) is 3.50. The van der Waals surface area contributed by atoms with Gasteiger partial charge >= 0.3 is 0 Å². The molecule has 0 bridgehead atoms. The predicted molar refractivity (Wildman–Crippen MR) is 54.3 cm³/mol. The van der Waals surface area contributed by atoms with Crippen LogP contribution in [0.3, 0.4) is 0 Å². The summed E-state index contributed by atoms with van der Waals surface area (Å²) in [5.74, 6) is 0.0393. The first-order valence-electron chi connectivity index (χ1n) is 4.56. The highest BCUT2D eigenvalue weighted by atomic mass is 16.1. The Morgan fingerprint density at radius 3 is 2.54 bits per heavy atom. The number of carbonyl (C=O) groups is 1. The van der Waals surface area contributed by atoms with Crippen LogP contribution in [0.1, 0.15) is 20.3 Å². The van der Waals surface area contributed by atoms with Crippen molar-refractivity contribution in [2.45, 2.75) is 20.3 Å². The van der Waals surface area contributed by atoms with Gasteiger partial charge in [0.25, 0.3) is 5.91 Å². The Labute approximate surface area is 79.0 Å². The third kappa shape index (κ3) is 2.31. The number of carbonyl (C=O) groups excluding carboxylic acids is 1. The summed E-state index contributed by atoms with van der Waals surface area (Å²) < 4.78 is 0. The van der Waals surface area contributed by atoms with Crippen LogP contribution in [0.25, 0.3) is 0 Å². The van der Waals surface area contributed by atoms with Crippen molar-refractivity contribution in [3.05, 3.63) is 35.5 Å². The van der Waals surface area contributed by atoms with E-state index in [1.807, 2.05) is 38.2 Å². The van der Waals surface area contributed by atoms with Crippen LogP contribution in [0.4, 0.5) is 0 Å². The molecule has 0 spiro atoms. The smallest absolute Gasteiger partial charge is 0.251 e. The molecule has 0 atom stereocenters. The lowest BCUT2D eigenvalue weighted by molar-refractivity contribution is -0.117. The number of allylic oxidation sites excluding steroid dienone is 3. The quantitative estimate of drug-likeness (QED) is 0.686. The molecule has 1 amide bonds. The topological polar surface area (TPSA) is 29.1 Å². The second-order valence-electron chi connectivity index (χ2n) is 2.94. The Morgan fingerprint density at radius 1 is 1.23 bits per heavy atom. The van der Waals surface area contributed by atoms with E-state index in [0.29, 0.717) is 0 Å². The van der Waals surface area contributed by atoms with Gasteiger partial charge in [0.05, 0.1) is 0 Å². The van der Waals surface area contributed by atoms with Gasteiger partial charge in [0.2, 0.25) is 0 Å². The molecule has 70 valence electrons. The van der Waals surface area contributed by atoms with E-state index in [0.717, 1.165) is 24.1 Å². The van der Waals surface area contributed by atoms with Crippen molar-refractivity contribution >= 4 is 5.91 Å². The van der Waals surface area contributed by atoms with Gasteiger partial charge in [-0.25, -0.2) is 0 Å². The number of hydrogen-bond donors (Lipinski definition) is 1. The maximum absolute atomic E-state index is 11.4. The fourth-order valence-electron chi connectivity index (χ4n) is 1.41.